The van der Waals surface area contributed by atoms with Crippen LogP contribution in [-0.2, 0) is 6.42 Å². The summed E-state index contributed by atoms with van der Waals surface area (Å²) < 4.78 is 0. The van der Waals surface area contributed by atoms with Gasteiger partial charge in [0.2, 0.25) is 5.95 Å². The van der Waals surface area contributed by atoms with E-state index in [2.05, 4.69) is 38.7 Å². The van der Waals surface area contributed by atoms with E-state index in [0.717, 1.165) is 18.8 Å². The molecule has 0 saturated carbocycles. The molecule has 1 aliphatic heterocycles. The molecule has 5 nitrogen and oxygen atoms in total. The summed E-state index contributed by atoms with van der Waals surface area (Å²) in [5, 5.41) is 10.1. The van der Waals surface area contributed by atoms with Crippen LogP contribution in [0.2, 0.25) is 0 Å². The summed E-state index contributed by atoms with van der Waals surface area (Å²) in [4.78, 5) is 4.18. The molecule has 5 heteroatoms. The van der Waals surface area contributed by atoms with Crippen LogP contribution in [0.1, 0.15) is 17.3 Å². The number of benzene rings is 1. The van der Waals surface area contributed by atoms with E-state index in [1.54, 1.807) is 0 Å². The maximum atomic E-state index is 5.51. The molecule has 82 valence electrons. The standard InChI is InChI=1S/C11H13N5/c12-11-14-10(15-16-11)8-5-7-3-1-2-4-9(7)13-6-8/h1-4,8,13H,5-6H2,(H3,12,14,15,16). The lowest BCUT2D eigenvalue weighted by atomic mass is 9.93. The monoisotopic (exact) mass is 215 g/mol. The Balaban J connectivity index is 1.88. The number of para-hydroxylation sites is 1. The van der Waals surface area contributed by atoms with Gasteiger partial charge in [0.05, 0.1) is 0 Å². The van der Waals surface area contributed by atoms with Gasteiger partial charge in [-0.15, -0.1) is 5.10 Å². The molecule has 1 aromatic heterocycles. The number of hydrogen-bond acceptors (Lipinski definition) is 4. The zero-order valence-electron chi connectivity index (χ0n) is 8.77. The molecule has 1 unspecified atom stereocenters. The second-order valence-electron chi connectivity index (χ2n) is 4.02. The number of rotatable bonds is 1. The number of aromatic amines is 1. The van der Waals surface area contributed by atoms with Crippen molar-refractivity contribution < 1.29 is 0 Å². The van der Waals surface area contributed by atoms with E-state index in [-0.39, 0.29) is 0 Å². The molecule has 4 N–H and O–H groups in total. The van der Waals surface area contributed by atoms with Crippen LogP contribution in [0.15, 0.2) is 24.3 Å². The maximum Gasteiger partial charge on any atom is 0.239 e. The summed E-state index contributed by atoms with van der Waals surface area (Å²) >= 11 is 0. The quantitative estimate of drug-likeness (QED) is 0.666. The molecule has 0 saturated heterocycles. The fraction of sp³-hybridized carbons (Fsp3) is 0.273. The highest BCUT2D eigenvalue weighted by Crippen LogP contribution is 2.28. The third-order valence-electron chi connectivity index (χ3n) is 2.93. The lowest BCUT2D eigenvalue weighted by molar-refractivity contribution is 0.652. The molecular weight excluding hydrogens is 202 g/mol. The number of anilines is 2. The van der Waals surface area contributed by atoms with Crippen molar-refractivity contribution in [3.05, 3.63) is 35.7 Å². The number of hydrogen-bond donors (Lipinski definition) is 3. The first-order valence-corrected chi connectivity index (χ1v) is 5.32. The lowest BCUT2D eigenvalue weighted by Gasteiger charge is -2.24. The number of nitrogens with one attached hydrogen (secondary N) is 2. The van der Waals surface area contributed by atoms with Gasteiger partial charge in [-0.2, -0.15) is 4.98 Å². The van der Waals surface area contributed by atoms with Gasteiger partial charge in [0.1, 0.15) is 5.82 Å². The SMILES string of the molecule is Nc1n[nH]c(C2CNc3ccccc3C2)n1. The normalized spacial score (nSPS) is 18.9. The second kappa shape index (κ2) is 3.52. The largest absolute Gasteiger partial charge is 0.384 e. The number of nitrogens with zero attached hydrogens (tertiary/aromatic N) is 2. The minimum Gasteiger partial charge on any atom is -0.384 e. The number of aromatic nitrogens is 3. The Kier molecular flexibility index (Phi) is 2.02. The molecule has 1 aliphatic rings. The first kappa shape index (κ1) is 9.21. The minimum absolute atomic E-state index is 0.314. The summed E-state index contributed by atoms with van der Waals surface area (Å²) in [5.41, 5.74) is 8.03. The predicted octanol–water partition coefficient (Wildman–Crippen LogP) is 1.14. The molecule has 3 rings (SSSR count). The van der Waals surface area contributed by atoms with Gasteiger partial charge in [-0.3, -0.25) is 5.10 Å². The van der Waals surface area contributed by atoms with Gasteiger partial charge < -0.3 is 11.1 Å². The number of H-pyrrole nitrogens is 1. The van der Waals surface area contributed by atoms with Crippen molar-refractivity contribution in [3.8, 4) is 0 Å². The molecule has 0 amide bonds. The van der Waals surface area contributed by atoms with Crippen LogP contribution in [0.25, 0.3) is 0 Å². The molecule has 2 heterocycles. The van der Waals surface area contributed by atoms with E-state index >= 15 is 0 Å². The van der Waals surface area contributed by atoms with Crippen molar-refractivity contribution in [2.24, 2.45) is 0 Å². The molecule has 2 aromatic rings. The van der Waals surface area contributed by atoms with Crippen molar-refractivity contribution in [2.45, 2.75) is 12.3 Å². The molecule has 0 radical (unpaired) electrons. The Morgan fingerprint density at radius 2 is 2.19 bits per heavy atom. The topological polar surface area (TPSA) is 79.6 Å². The molecule has 0 fully saturated rings. The molecule has 0 aliphatic carbocycles. The summed E-state index contributed by atoms with van der Waals surface area (Å²) in [6, 6.07) is 8.32. The molecular formula is C11H13N5. The molecule has 0 bridgehead atoms. The molecule has 1 aromatic carbocycles. The summed E-state index contributed by atoms with van der Waals surface area (Å²) in [5.74, 6) is 1.49. The van der Waals surface area contributed by atoms with Gasteiger partial charge in [-0.1, -0.05) is 18.2 Å². The molecule has 1 atom stereocenters. The van der Waals surface area contributed by atoms with Crippen LogP contribution in [0.4, 0.5) is 11.6 Å². The van der Waals surface area contributed by atoms with E-state index < -0.39 is 0 Å². The lowest BCUT2D eigenvalue weighted by Crippen LogP contribution is -2.22. The Bertz CT molecular complexity index is 505. The van der Waals surface area contributed by atoms with E-state index in [0.29, 0.717) is 11.9 Å². The third kappa shape index (κ3) is 1.50. The van der Waals surface area contributed by atoms with Crippen LogP contribution in [0, 0.1) is 0 Å². The van der Waals surface area contributed by atoms with Crippen LogP contribution in [0.3, 0.4) is 0 Å². The Morgan fingerprint density at radius 1 is 1.31 bits per heavy atom. The Morgan fingerprint density at radius 3 is 3.00 bits per heavy atom. The first-order valence-electron chi connectivity index (χ1n) is 5.32. The van der Waals surface area contributed by atoms with Crippen LogP contribution in [-0.4, -0.2) is 21.7 Å². The van der Waals surface area contributed by atoms with Gasteiger partial charge >= 0.3 is 0 Å². The minimum atomic E-state index is 0.314. The number of nitrogens with two attached hydrogens (primary N) is 1. The predicted molar refractivity (Wildman–Crippen MR) is 62.2 cm³/mol. The van der Waals surface area contributed by atoms with Crippen molar-refractivity contribution in [2.75, 3.05) is 17.6 Å². The summed E-state index contributed by atoms with van der Waals surface area (Å²) in [6.07, 6.45) is 0.970. The summed E-state index contributed by atoms with van der Waals surface area (Å²) in [7, 11) is 0. The highest BCUT2D eigenvalue weighted by molar-refractivity contribution is 5.54. The van der Waals surface area contributed by atoms with Crippen LogP contribution >= 0.6 is 0 Å². The van der Waals surface area contributed by atoms with E-state index in [1.807, 2.05) is 6.07 Å². The highest BCUT2D eigenvalue weighted by atomic mass is 15.3. The van der Waals surface area contributed by atoms with Crippen LogP contribution < -0.4 is 11.1 Å². The number of nitrogen functional groups attached to an aromatic ring is 1. The van der Waals surface area contributed by atoms with Crippen molar-refractivity contribution in [1.29, 1.82) is 0 Å². The van der Waals surface area contributed by atoms with Gasteiger partial charge in [0, 0.05) is 18.2 Å². The summed E-state index contributed by atoms with van der Waals surface area (Å²) in [6.45, 7) is 0.867. The third-order valence-corrected chi connectivity index (χ3v) is 2.93. The molecule has 0 spiro atoms. The zero-order valence-corrected chi connectivity index (χ0v) is 8.77. The average Bonchev–Trinajstić information content (AvgIpc) is 2.75. The van der Waals surface area contributed by atoms with E-state index in [1.165, 1.54) is 11.3 Å². The van der Waals surface area contributed by atoms with Crippen LogP contribution in [0.5, 0.6) is 0 Å². The zero-order chi connectivity index (χ0) is 11.0. The Labute approximate surface area is 93.1 Å². The van der Waals surface area contributed by atoms with E-state index in [9.17, 15) is 0 Å². The molecule has 16 heavy (non-hydrogen) atoms. The second-order valence-corrected chi connectivity index (χ2v) is 4.02. The fourth-order valence-electron chi connectivity index (χ4n) is 2.11. The number of fused-ring (bicyclic) bond motifs is 1. The van der Waals surface area contributed by atoms with Gasteiger partial charge in [-0.05, 0) is 18.1 Å². The van der Waals surface area contributed by atoms with Crippen molar-refractivity contribution >= 4 is 11.6 Å². The maximum absolute atomic E-state index is 5.51. The van der Waals surface area contributed by atoms with E-state index in [4.69, 9.17) is 5.73 Å². The first-order chi connectivity index (χ1) is 7.83. The van der Waals surface area contributed by atoms with Gasteiger partial charge in [0.25, 0.3) is 0 Å². The van der Waals surface area contributed by atoms with Gasteiger partial charge in [-0.25, -0.2) is 0 Å². The van der Waals surface area contributed by atoms with Gasteiger partial charge in [0.15, 0.2) is 0 Å². The highest BCUT2D eigenvalue weighted by Gasteiger charge is 2.21. The van der Waals surface area contributed by atoms with Crippen molar-refractivity contribution in [1.82, 2.24) is 15.2 Å². The van der Waals surface area contributed by atoms with Crippen molar-refractivity contribution in [3.63, 3.8) is 0 Å². The smallest absolute Gasteiger partial charge is 0.239 e. The Hall–Kier alpha value is -2.04. The average molecular weight is 215 g/mol. The fourth-order valence-corrected chi connectivity index (χ4v) is 2.11.